The van der Waals surface area contributed by atoms with Crippen LogP contribution in [-0.4, -0.2) is 37.5 Å². The molecule has 2 heterocycles. The molecule has 96 valence electrons. The molecule has 0 spiro atoms. The van der Waals surface area contributed by atoms with Crippen molar-refractivity contribution in [3.05, 3.63) is 24.5 Å². The summed E-state index contributed by atoms with van der Waals surface area (Å²) >= 11 is 0. The van der Waals surface area contributed by atoms with Gasteiger partial charge >= 0.3 is 0 Å². The second kappa shape index (κ2) is 5.46. The first kappa shape index (κ1) is 12.3. The highest BCUT2D eigenvalue weighted by molar-refractivity contribution is 5.46. The Morgan fingerprint density at radius 3 is 2.94 bits per heavy atom. The standard InChI is InChI=1S/C11H16N6O/c1-2-8(7-18)14-9-6-10(16-11(12)15-9)17-5-3-4-13-17/h3-6,8,18H,2,7H2,1H3,(H3,12,14,15,16)/t8-/m0/s1. The van der Waals surface area contributed by atoms with Crippen molar-refractivity contribution in [1.29, 1.82) is 0 Å². The Balaban J connectivity index is 2.27. The summed E-state index contributed by atoms with van der Waals surface area (Å²) in [7, 11) is 0. The van der Waals surface area contributed by atoms with E-state index in [1.165, 1.54) is 0 Å². The molecule has 0 bridgehead atoms. The summed E-state index contributed by atoms with van der Waals surface area (Å²) in [6.07, 6.45) is 4.22. The molecule has 4 N–H and O–H groups in total. The van der Waals surface area contributed by atoms with Gasteiger partial charge in [-0.3, -0.25) is 0 Å². The largest absolute Gasteiger partial charge is 0.394 e. The molecule has 0 fully saturated rings. The highest BCUT2D eigenvalue weighted by Crippen LogP contribution is 2.13. The van der Waals surface area contributed by atoms with Crippen molar-refractivity contribution in [2.75, 3.05) is 17.7 Å². The molecule has 0 aliphatic rings. The number of nitrogens with zero attached hydrogens (tertiary/aromatic N) is 4. The van der Waals surface area contributed by atoms with E-state index in [2.05, 4.69) is 20.4 Å². The summed E-state index contributed by atoms with van der Waals surface area (Å²) in [4.78, 5) is 8.18. The van der Waals surface area contributed by atoms with Crippen molar-refractivity contribution in [1.82, 2.24) is 19.7 Å². The molecule has 0 aliphatic carbocycles. The van der Waals surface area contributed by atoms with Crippen molar-refractivity contribution in [2.45, 2.75) is 19.4 Å². The molecule has 18 heavy (non-hydrogen) atoms. The predicted molar refractivity (Wildman–Crippen MR) is 68.4 cm³/mol. The molecule has 7 heteroatoms. The molecule has 0 aliphatic heterocycles. The van der Waals surface area contributed by atoms with Gasteiger partial charge in [-0.05, 0) is 12.5 Å². The van der Waals surface area contributed by atoms with Gasteiger partial charge in [-0.15, -0.1) is 0 Å². The van der Waals surface area contributed by atoms with Crippen LogP contribution in [0.4, 0.5) is 11.8 Å². The summed E-state index contributed by atoms with van der Waals surface area (Å²) in [5.41, 5.74) is 5.66. The number of rotatable bonds is 5. The first-order chi connectivity index (χ1) is 8.72. The molecular formula is C11H16N6O. The van der Waals surface area contributed by atoms with Crippen LogP contribution in [0.25, 0.3) is 5.82 Å². The first-order valence-electron chi connectivity index (χ1n) is 5.75. The summed E-state index contributed by atoms with van der Waals surface area (Å²) in [5, 5.41) is 16.3. The lowest BCUT2D eigenvalue weighted by Crippen LogP contribution is -2.23. The van der Waals surface area contributed by atoms with Gasteiger partial charge in [0.25, 0.3) is 0 Å². The van der Waals surface area contributed by atoms with Gasteiger partial charge in [-0.1, -0.05) is 6.92 Å². The fourth-order valence-electron chi connectivity index (χ4n) is 1.53. The summed E-state index contributed by atoms with van der Waals surface area (Å²) in [5.74, 6) is 1.33. The fourth-order valence-corrected chi connectivity index (χ4v) is 1.53. The molecular weight excluding hydrogens is 232 g/mol. The molecule has 1 atom stereocenters. The first-order valence-corrected chi connectivity index (χ1v) is 5.75. The van der Waals surface area contributed by atoms with Crippen molar-refractivity contribution in [2.24, 2.45) is 0 Å². The SMILES string of the molecule is CC[C@@H](CO)Nc1cc(-n2cccn2)nc(N)n1. The Kier molecular flexibility index (Phi) is 3.73. The van der Waals surface area contributed by atoms with Gasteiger partial charge in [0.05, 0.1) is 12.6 Å². The fraction of sp³-hybridized carbons (Fsp3) is 0.364. The number of aliphatic hydroxyl groups excluding tert-OH is 1. The number of nitrogens with one attached hydrogen (secondary N) is 1. The van der Waals surface area contributed by atoms with Crippen LogP contribution < -0.4 is 11.1 Å². The van der Waals surface area contributed by atoms with Gasteiger partial charge in [0, 0.05) is 18.5 Å². The van der Waals surface area contributed by atoms with E-state index in [4.69, 9.17) is 10.8 Å². The number of hydrogen-bond donors (Lipinski definition) is 3. The lowest BCUT2D eigenvalue weighted by atomic mass is 10.2. The van der Waals surface area contributed by atoms with E-state index in [0.717, 1.165) is 6.42 Å². The molecule has 2 aromatic heterocycles. The van der Waals surface area contributed by atoms with E-state index in [1.54, 1.807) is 29.2 Å². The predicted octanol–water partition coefficient (Wildman–Crippen LogP) is 0.427. The zero-order valence-corrected chi connectivity index (χ0v) is 10.1. The van der Waals surface area contributed by atoms with Crippen LogP contribution in [0.15, 0.2) is 24.5 Å². The van der Waals surface area contributed by atoms with E-state index in [9.17, 15) is 0 Å². The third-order valence-corrected chi connectivity index (χ3v) is 2.53. The quantitative estimate of drug-likeness (QED) is 0.709. The van der Waals surface area contributed by atoms with Gasteiger partial charge in [-0.25, -0.2) is 4.68 Å². The third kappa shape index (κ3) is 2.75. The molecule has 2 aromatic rings. The average Bonchev–Trinajstić information content (AvgIpc) is 2.89. The number of aromatic nitrogens is 4. The average molecular weight is 248 g/mol. The molecule has 2 rings (SSSR count). The van der Waals surface area contributed by atoms with E-state index in [0.29, 0.717) is 11.6 Å². The second-order valence-electron chi connectivity index (χ2n) is 3.85. The molecule has 0 unspecified atom stereocenters. The van der Waals surface area contributed by atoms with Crippen LogP contribution in [0.3, 0.4) is 0 Å². The van der Waals surface area contributed by atoms with Crippen LogP contribution in [0.5, 0.6) is 0 Å². The van der Waals surface area contributed by atoms with Crippen LogP contribution in [0.1, 0.15) is 13.3 Å². The van der Waals surface area contributed by atoms with Crippen LogP contribution in [0.2, 0.25) is 0 Å². The Hall–Kier alpha value is -2.15. The maximum absolute atomic E-state index is 9.16. The molecule has 0 saturated carbocycles. The maximum atomic E-state index is 9.16. The van der Waals surface area contributed by atoms with Crippen LogP contribution >= 0.6 is 0 Å². The highest BCUT2D eigenvalue weighted by Gasteiger charge is 2.08. The van der Waals surface area contributed by atoms with Gasteiger partial charge in [0.15, 0.2) is 5.82 Å². The second-order valence-corrected chi connectivity index (χ2v) is 3.85. The van der Waals surface area contributed by atoms with Crippen LogP contribution in [-0.2, 0) is 0 Å². The minimum Gasteiger partial charge on any atom is -0.394 e. The Morgan fingerprint density at radius 2 is 2.33 bits per heavy atom. The highest BCUT2D eigenvalue weighted by atomic mass is 16.3. The molecule has 0 saturated heterocycles. The third-order valence-electron chi connectivity index (χ3n) is 2.53. The van der Waals surface area contributed by atoms with Crippen LogP contribution in [0, 0.1) is 0 Å². The zero-order chi connectivity index (χ0) is 13.0. The monoisotopic (exact) mass is 248 g/mol. The van der Waals surface area contributed by atoms with Gasteiger partial charge in [0.2, 0.25) is 5.95 Å². The number of anilines is 2. The van der Waals surface area contributed by atoms with Crippen molar-refractivity contribution >= 4 is 11.8 Å². The van der Waals surface area contributed by atoms with E-state index in [-0.39, 0.29) is 18.6 Å². The summed E-state index contributed by atoms with van der Waals surface area (Å²) < 4.78 is 1.60. The zero-order valence-electron chi connectivity index (χ0n) is 10.1. The normalized spacial score (nSPS) is 12.3. The van der Waals surface area contributed by atoms with Gasteiger partial charge in [-0.2, -0.15) is 15.1 Å². The minimum atomic E-state index is -0.0511. The van der Waals surface area contributed by atoms with E-state index >= 15 is 0 Å². The van der Waals surface area contributed by atoms with Gasteiger partial charge < -0.3 is 16.2 Å². The van der Waals surface area contributed by atoms with E-state index in [1.807, 2.05) is 6.92 Å². The minimum absolute atomic E-state index is 0.0392. The Bertz CT molecular complexity index is 494. The molecule has 7 nitrogen and oxygen atoms in total. The molecule has 0 radical (unpaired) electrons. The maximum Gasteiger partial charge on any atom is 0.224 e. The summed E-state index contributed by atoms with van der Waals surface area (Å²) in [6, 6.07) is 3.49. The molecule has 0 amide bonds. The Morgan fingerprint density at radius 1 is 1.50 bits per heavy atom. The number of nitrogens with two attached hydrogens (primary N) is 1. The Labute approximate surface area is 105 Å². The van der Waals surface area contributed by atoms with Crippen molar-refractivity contribution in [3.63, 3.8) is 0 Å². The van der Waals surface area contributed by atoms with Gasteiger partial charge in [0.1, 0.15) is 5.82 Å². The summed E-state index contributed by atoms with van der Waals surface area (Å²) in [6.45, 7) is 2.02. The topological polar surface area (TPSA) is 102 Å². The number of aliphatic hydroxyl groups is 1. The molecule has 0 aromatic carbocycles. The van der Waals surface area contributed by atoms with E-state index < -0.39 is 0 Å². The lowest BCUT2D eigenvalue weighted by Gasteiger charge is -2.15. The van der Waals surface area contributed by atoms with Crippen molar-refractivity contribution in [3.8, 4) is 5.82 Å². The number of hydrogen-bond acceptors (Lipinski definition) is 6. The number of nitrogen functional groups attached to an aromatic ring is 1. The van der Waals surface area contributed by atoms with Crippen molar-refractivity contribution < 1.29 is 5.11 Å². The lowest BCUT2D eigenvalue weighted by molar-refractivity contribution is 0.271. The smallest absolute Gasteiger partial charge is 0.224 e.